The Labute approximate surface area is 256 Å². The Morgan fingerprint density at radius 2 is 0.756 bits per heavy atom. The van der Waals surface area contributed by atoms with E-state index < -0.39 is 0 Å². The highest BCUT2D eigenvalue weighted by Crippen LogP contribution is 2.12. The number of nitrogens with zero attached hydrogens (tertiary/aromatic N) is 1. The molecule has 0 aliphatic carbocycles. The molecule has 0 radical (unpaired) electrons. The van der Waals surface area contributed by atoms with Gasteiger partial charge in [0.15, 0.2) is 0 Å². The van der Waals surface area contributed by atoms with Gasteiger partial charge in [-0.05, 0) is 19.9 Å². The number of rotatable bonds is 33. The third kappa shape index (κ3) is 31.6. The summed E-state index contributed by atoms with van der Waals surface area (Å²) in [6.07, 6.45) is 30.1. The molecule has 6 nitrogen and oxygen atoms in total. The van der Waals surface area contributed by atoms with Crippen LogP contribution in [0.2, 0.25) is 0 Å². The predicted octanol–water partition coefficient (Wildman–Crippen LogP) is 8.14. The summed E-state index contributed by atoms with van der Waals surface area (Å²) in [5, 5.41) is 9.38. The summed E-state index contributed by atoms with van der Waals surface area (Å²) >= 11 is 0. The molecule has 6 heteroatoms. The van der Waals surface area contributed by atoms with Crippen LogP contribution in [0.5, 0.6) is 0 Å². The van der Waals surface area contributed by atoms with E-state index in [0.29, 0.717) is 25.9 Å². The molecule has 0 spiro atoms. The van der Waals surface area contributed by atoms with Gasteiger partial charge >= 0.3 is 0 Å². The fourth-order valence-electron chi connectivity index (χ4n) is 5.34. The van der Waals surface area contributed by atoms with Crippen molar-refractivity contribution in [3.05, 3.63) is 0 Å². The largest absolute Gasteiger partial charge is 0.356 e. The van der Waals surface area contributed by atoms with Crippen molar-refractivity contribution in [2.75, 3.05) is 46.3 Å². The van der Waals surface area contributed by atoms with Gasteiger partial charge in [0.2, 0.25) is 11.8 Å². The summed E-state index contributed by atoms with van der Waals surface area (Å²) in [4.78, 5) is 26.9. The van der Waals surface area contributed by atoms with Crippen molar-refractivity contribution in [3.63, 3.8) is 0 Å². The van der Waals surface area contributed by atoms with Crippen molar-refractivity contribution in [1.29, 1.82) is 0 Å². The minimum absolute atomic E-state index is 0.132. The molecule has 0 saturated carbocycles. The topological polar surface area (TPSA) is 73.5 Å². The van der Waals surface area contributed by atoms with Gasteiger partial charge in [-0.3, -0.25) is 9.59 Å². The molecule has 0 aliphatic heterocycles. The van der Waals surface area contributed by atoms with E-state index in [2.05, 4.69) is 34.7 Å². The molecule has 0 aromatic heterocycles. The second-order valence-corrected chi connectivity index (χ2v) is 12.2. The molecule has 41 heavy (non-hydrogen) atoms. The van der Waals surface area contributed by atoms with Gasteiger partial charge in [-0.15, -0.1) is 0 Å². The fourth-order valence-corrected chi connectivity index (χ4v) is 5.34. The van der Waals surface area contributed by atoms with Crippen molar-refractivity contribution in [1.82, 2.24) is 20.9 Å². The van der Waals surface area contributed by atoms with Crippen LogP contribution in [0.1, 0.15) is 168 Å². The lowest BCUT2D eigenvalue weighted by Crippen LogP contribution is -2.37. The van der Waals surface area contributed by atoms with E-state index >= 15 is 0 Å². The Bertz CT molecular complexity index is 514. The summed E-state index contributed by atoms with van der Waals surface area (Å²) in [5.41, 5.74) is 0. The van der Waals surface area contributed by atoms with E-state index in [1.54, 1.807) is 0 Å². The zero-order chi connectivity index (χ0) is 30.1. The van der Waals surface area contributed by atoms with Gasteiger partial charge in [-0.2, -0.15) is 0 Å². The molecule has 3 N–H and O–H groups in total. The zero-order valence-corrected chi connectivity index (χ0v) is 28.0. The molecule has 0 rings (SSSR count). The monoisotopic (exact) mass is 581 g/mol. The first kappa shape index (κ1) is 39.9. The normalized spacial score (nSPS) is 11.3. The lowest BCUT2D eigenvalue weighted by Gasteiger charge is -2.21. The van der Waals surface area contributed by atoms with Crippen LogP contribution in [0.25, 0.3) is 0 Å². The van der Waals surface area contributed by atoms with Crippen molar-refractivity contribution in [3.8, 4) is 0 Å². The molecule has 0 heterocycles. The van der Waals surface area contributed by atoms with Crippen molar-refractivity contribution < 1.29 is 9.59 Å². The third-order valence-electron chi connectivity index (χ3n) is 8.19. The third-order valence-corrected chi connectivity index (χ3v) is 8.19. The van der Waals surface area contributed by atoms with Crippen LogP contribution < -0.4 is 16.0 Å². The zero-order valence-electron chi connectivity index (χ0n) is 28.0. The van der Waals surface area contributed by atoms with Crippen LogP contribution in [0.3, 0.4) is 0 Å². The van der Waals surface area contributed by atoms with Crippen LogP contribution in [0, 0.1) is 0 Å². The summed E-state index contributed by atoms with van der Waals surface area (Å²) in [6, 6.07) is 0. The number of carbonyl (C=O) groups excluding carboxylic acids is 2. The molecule has 0 unspecified atom stereocenters. The smallest absolute Gasteiger partial charge is 0.221 e. The Hall–Kier alpha value is -1.14. The van der Waals surface area contributed by atoms with Gasteiger partial charge < -0.3 is 20.9 Å². The second kappa shape index (κ2) is 33.4. The van der Waals surface area contributed by atoms with E-state index in [-0.39, 0.29) is 11.8 Å². The summed E-state index contributed by atoms with van der Waals surface area (Å²) in [7, 11) is 1.94. The number of amides is 2. The van der Waals surface area contributed by atoms with E-state index in [1.807, 2.05) is 7.05 Å². The molecule has 0 bridgehead atoms. The Kier molecular flexibility index (Phi) is 32.4. The van der Waals surface area contributed by atoms with Crippen LogP contribution in [-0.4, -0.2) is 63.0 Å². The molecule has 244 valence electrons. The number of hydrogen-bond donors (Lipinski definition) is 3. The van der Waals surface area contributed by atoms with Crippen molar-refractivity contribution in [2.45, 2.75) is 168 Å². The molecule has 0 atom stereocenters. The lowest BCUT2D eigenvalue weighted by atomic mass is 10.1. The first-order valence-electron chi connectivity index (χ1n) is 18.0. The molecular weight excluding hydrogens is 508 g/mol. The minimum Gasteiger partial charge on any atom is -0.356 e. The van der Waals surface area contributed by atoms with Gasteiger partial charge in [0.25, 0.3) is 0 Å². The first-order chi connectivity index (χ1) is 20.1. The maximum absolute atomic E-state index is 12.3. The SMILES string of the molecule is CCCCCCCCCCCCCNC(=O)CCN(CCNC)CCC(=O)NCCCCCCCCCCCCC. The average Bonchev–Trinajstić information content (AvgIpc) is 2.97. The number of likely N-dealkylation sites (N-methyl/N-ethyl adjacent to an activating group) is 1. The molecule has 0 aromatic rings. The minimum atomic E-state index is 0.132. The number of unbranched alkanes of at least 4 members (excludes halogenated alkanes) is 20. The Morgan fingerprint density at radius 3 is 1.07 bits per heavy atom. The molecule has 0 fully saturated rings. The van der Waals surface area contributed by atoms with E-state index in [9.17, 15) is 9.59 Å². The van der Waals surface area contributed by atoms with Gasteiger partial charge in [-0.1, -0.05) is 142 Å². The summed E-state index contributed by atoms with van der Waals surface area (Å²) in [6.45, 7) is 9.24. The summed E-state index contributed by atoms with van der Waals surface area (Å²) < 4.78 is 0. The van der Waals surface area contributed by atoms with Gasteiger partial charge in [0.05, 0.1) is 0 Å². The number of carbonyl (C=O) groups is 2. The maximum Gasteiger partial charge on any atom is 0.221 e. The average molecular weight is 581 g/mol. The van der Waals surface area contributed by atoms with Crippen LogP contribution >= 0.6 is 0 Å². The maximum atomic E-state index is 12.3. The standard InChI is InChI=1S/C35H72N4O2/c1-4-6-8-10-12-14-16-18-20-22-24-28-37-34(40)26-31-39(33-30-36-3)32-27-35(41)38-29-25-23-21-19-17-15-13-11-9-7-5-2/h36H,4-33H2,1-3H3,(H,37,40)(H,38,41). The quantitative estimate of drug-likeness (QED) is 0.0685. The van der Waals surface area contributed by atoms with E-state index in [1.165, 1.54) is 128 Å². The Balaban J connectivity index is 3.74. The molecule has 0 saturated heterocycles. The van der Waals surface area contributed by atoms with Crippen LogP contribution in [0.15, 0.2) is 0 Å². The highest BCUT2D eigenvalue weighted by atomic mass is 16.2. The predicted molar refractivity (Wildman–Crippen MR) is 179 cm³/mol. The van der Waals surface area contributed by atoms with Gasteiger partial charge in [0, 0.05) is 52.1 Å². The van der Waals surface area contributed by atoms with Crippen LogP contribution in [0.4, 0.5) is 0 Å². The van der Waals surface area contributed by atoms with E-state index in [0.717, 1.165) is 39.0 Å². The van der Waals surface area contributed by atoms with Crippen molar-refractivity contribution in [2.24, 2.45) is 0 Å². The molecular formula is C35H72N4O2. The lowest BCUT2D eigenvalue weighted by molar-refractivity contribution is -0.121. The molecule has 0 aromatic carbocycles. The van der Waals surface area contributed by atoms with Crippen molar-refractivity contribution >= 4 is 11.8 Å². The molecule has 2 amide bonds. The molecule has 0 aliphatic rings. The van der Waals surface area contributed by atoms with Crippen LogP contribution in [-0.2, 0) is 9.59 Å². The Morgan fingerprint density at radius 1 is 0.439 bits per heavy atom. The first-order valence-corrected chi connectivity index (χ1v) is 18.0. The van der Waals surface area contributed by atoms with Gasteiger partial charge in [0.1, 0.15) is 0 Å². The highest BCUT2D eigenvalue weighted by molar-refractivity contribution is 5.76. The summed E-state index contributed by atoms with van der Waals surface area (Å²) in [5.74, 6) is 0.264. The van der Waals surface area contributed by atoms with E-state index in [4.69, 9.17) is 0 Å². The second-order valence-electron chi connectivity index (χ2n) is 12.2. The number of nitrogens with one attached hydrogen (secondary N) is 3. The fraction of sp³-hybridized carbons (Fsp3) is 0.943. The van der Waals surface area contributed by atoms with Gasteiger partial charge in [-0.25, -0.2) is 0 Å². The number of hydrogen-bond acceptors (Lipinski definition) is 4. The highest BCUT2D eigenvalue weighted by Gasteiger charge is 2.10.